The van der Waals surface area contributed by atoms with Gasteiger partial charge in [0.1, 0.15) is 16.9 Å². The second kappa shape index (κ2) is 3.31. The maximum atomic E-state index is 13.0. The van der Waals surface area contributed by atoms with Crippen LogP contribution in [-0.4, -0.2) is 15.0 Å². The van der Waals surface area contributed by atoms with Crippen LogP contribution in [0.3, 0.4) is 0 Å². The Kier molecular flexibility index (Phi) is 2.26. The van der Waals surface area contributed by atoms with Gasteiger partial charge >= 0.3 is 0 Å². The lowest BCUT2D eigenvalue weighted by atomic mass is 10.3. The number of hydrogen-bond acceptors (Lipinski definition) is 2. The smallest absolute Gasteiger partial charge is 0.126 e. The number of halogens is 2. The summed E-state index contributed by atoms with van der Waals surface area (Å²) >= 11 is 3.31. The Morgan fingerprint density at radius 3 is 2.79 bits per heavy atom. The predicted molar refractivity (Wildman–Crippen MR) is 55.6 cm³/mol. The van der Waals surface area contributed by atoms with Gasteiger partial charge in [0, 0.05) is 16.6 Å². The number of aromatic nitrogens is 3. The van der Waals surface area contributed by atoms with E-state index in [9.17, 15) is 4.39 Å². The summed E-state index contributed by atoms with van der Waals surface area (Å²) in [7, 11) is 0. The van der Waals surface area contributed by atoms with Crippen molar-refractivity contribution in [2.75, 3.05) is 0 Å². The van der Waals surface area contributed by atoms with Gasteiger partial charge in [0.2, 0.25) is 0 Å². The highest BCUT2D eigenvalue weighted by Gasteiger charge is 2.11. The summed E-state index contributed by atoms with van der Waals surface area (Å²) in [5.41, 5.74) is 1.41. The lowest BCUT2D eigenvalue weighted by molar-refractivity contribution is 0.529. The van der Waals surface area contributed by atoms with Crippen LogP contribution in [0, 0.1) is 5.82 Å². The molecule has 5 heteroatoms. The maximum Gasteiger partial charge on any atom is 0.126 e. The second-order valence-electron chi connectivity index (χ2n) is 3.38. The zero-order chi connectivity index (χ0) is 10.3. The molecule has 0 spiro atoms. The standard InChI is InChI=1S/C9H9BrFN3/c1-5(2)14-9-7(10)3-6(11)4-8(9)12-13-14/h3-5H,1-2H3. The molecule has 0 amide bonds. The highest BCUT2D eigenvalue weighted by Crippen LogP contribution is 2.25. The number of hydrogen-bond donors (Lipinski definition) is 0. The Bertz CT molecular complexity index is 478. The van der Waals surface area contributed by atoms with E-state index in [1.807, 2.05) is 13.8 Å². The summed E-state index contributed by atoms with van der Waals surface area (Å²) in [6.07, 6.45) is 0. The minimum atomic E-state index is -0.305. The molecule has 1 heterocycles. The number of fused-ring (bicyclic) bond motifs is 1. The van der Waals surface area contributed by atoms with Crippen LogP contribution < -0.4 is 0 Å². The summed E-state index contributed by atoms with van der Waals surface area (Å²) in [6.45, 7) is 4.01. The van der Waals surface area contributed by atoms with Gasteiger partial charge in [0.15, 0.2) is 0 Å². The highest BCUT2D eigenvalue weighted by molar-refractivity contribution is 9.10. The van der Waals surface area contributed by atoms with E-state index in [1.165, 1.54) is 12.1 Å². The van der Waals surface area contributed by atoms with Crippen molar-refractivity contribution in [2.24, 2.45) is 0 Å². The number of rotatable bonds is 1. The molecular formula is C9H9BrFN3. The van der Waals surface area contributed by atoms with Crippen LogP contribution in [0.4, 0.5) is 4.39 Å². The minimum absolute atomic E-state index is 0.210. The molecule has 0 aliphatic carbocycles. The van der Waals surface area contributed by atoms with Crippen LogP contribution in [0.15, 0.2) is 16.6 Å². The summed E-state index contributed by atoms with van der Waals surface area (Å²) in [5.74, 6) is -0.305. The number of benzene rings is 1. The highest BCUT2D eigenvalue weighted by atomic mass is 79.9. The van der Waals surface area contributed by atoms with Crippen molar-refractivity contribution < 1.29 is 4.39 Å². The van der Waals surface area contributed by atoms with Gasteiger partial charge in [-0.1, -0.05) is 5.21 Å². The third-order valence-corrected chi connectivity index (χ3v) is 2.58. The molecular weight excluding hydrogens is 249 g/mol. The van der Waals surface area contributed by atoms with Crippen molar-refractivity contribution in [3.05, 3.63) is 22.4 Å². The first-order valence-corrected chi connectivity index (χ1v) is 5.09. The van der Waals surface area contributed by atoms with Crippen LogP contribution in [0.2, 0.25) is 0 Å². The normalized spacial score (nSPS) is 11.5. The zero-order valence-corrected chi connectivity index (χ0v) is 9.42. The Balaban J connectivity index is 2.79. The lowest BCUT2D eigenvalue weighted by Gasteiger charge is -2.06. The quantitative estimate of drug-likeness (QED) is 0.787. The summed E-state index contributed by atoms with van der Waals surface area (Å²) < 4.78 is 15.4. The van der Waals surface area contributed by atoms with E-state index in [-0.39, 0.29) is 11.9 Å². The van der Waals surface area contributed by atoms with Gasteiger partial charge in [0.25, 0.3) is 0 Å². The summed E-state index contributed by atoms with van der Waals surface area (Å²) in [5, 5.41) is 7.87. The molecule has 3 nitrogen and oxygen atoms in total. The van der Waals surface area contributed by atoms with E-state index >= 15 is 0 Å². The van der Waals surface area contributed by atoms with Gasteiger partial charge in [-0.15, -0.1) is 5.10 Å². The van der Waals surface area contributed by atoms with Crippen LogP contribution in [-0.2, 0) is 0 Å². The van der Waals surface area contributed by atoms with E-state index in [0.717, 1.165) is 5.52 Å². The molecule has 0 aliphatic rings. The molecule has 0 aliphatic heterocycles. The Hall–Kier alpha value is -0.970. The van der Waals surface area contributed by atoms with E-state index in [4.69, 9.17) is 0 Å². The predicted octanol–water partition coefficient (Wildman–Crippen LogP) is 2.91. The molecule has 0 bridgehead atoms. The van der Waals surface area contributed by atoms with Crippen molar-refractivity contribution >= 4 is 27.0 Å². The van der Waals surface area contributed by atoms with Crippen LogP contribution in [0.25, 0.3) is 11.0 Å². The molecule has 0 fully saturated rings. The first kappa shape index (κ1) is 9.58. The average Bonchev–Trinajstić information content (AvgIpc) is 2.47. The van der Waals surface area contributed by atoms with Crippen molar-refractivity contribution in [2.45, 2.75) is 19.9 Å². The molecule has 2 rings (SSSR count). The van der Waals surface area contributed by atoms with Gasteiger partial charge in [-0.25, -0.2) is 9.07 Å². The second-order valence-corrected chi connectivity index (χ2v) is 4.24. The Labute approximate surface area is 89.0 Å². The maximum absolute atomic E-state index is 13.0. The topological polar surface area (TPSA) is 30.7 Å². The molecule has 0 atom stereocenters. The van der Waals surface area contributed by atoms with Crippen LogP contribution >= 0.6 is 15.9 Å². The molecule has 2 aromatic rings. The fourth-order valence-corrected chi connectivity index (χ4v) is 1.96. The number of nitrogens with zero attached hydrogens (tertiary/aromatic N) is 3. The zero-order valence-electron chi connectivity index (χ0n) is 7.83. The molecule has 14 heavy (non-hydrogen) atoms. The molecule has 1 aromatic heterocycles. The lowest BCUT2D eigenvalue weighted by Crippen LogP contribution is -2.02. The molecule has 0 saturated heterocycles. The van der Waals surface area contributed by atoms with Gasteiger partial charge in [-0.3, -0.25) is 0 Å². The fraction of sp³-hybridized carbons (Fsp3) is 0.333. The first-order chi connectivity index (χ1) is 6.59. The molecule has 0 saturated carbocycles. The Morgan fingerprint density at radius 1 is 1.43 bits per heavy atom. The third-order valence-electron chi connectivity index (χ3n) is 1.98. The van der Waals surface area contributed by atoms with Crippen LogP contribution in [0.1, 0.15) is 19.9 Å². The minimum Gasteiger partial charge on any atom is -0.241 e. The molecule has 0 unspecified atom stereocenters. The third kappa shape index (κ3) is 1.41. The summed E-state index contributed by atoms with van der Waals surface area (Å²) in [4.78, 5) is 0. The Morgan fingerprint density at radius 2 is 2.14 bits per heavy atom. The van der Waals surface area contributed by atoms with Crippen molar-refractivity contribution in [3.63, 3.8) is 0 Å². The molecule has 74 valence electrons. The van der Waals surface area contributed by atoms with Crippen molar-refractivity contribution in [3.8, 4) is 0 Å². The van der Waals surface area contributed by atoms with Gasteiger partial charge in [-0.2, -0.15) is 0 Å². The largest absolute Gasteiger partial charge is 0.241 e. The van der Waals surface area contributed by atoms with Gasteiger partial charge in [-0.05, 0) is 35.8 Å². The van der Waals surface area contributed by atoms with Crippen molar-refractivity contribution in [1.29, 1.82) is 0 Å². The van der Waals surface area contributed by atoms with E-state index in [2.05, 4.69) is 26.2 Å². The van der Waals surface area contributed by atoms with E-state index in [0.29, 0.717) is 9.99 Å². The first-order valence-electron chi connectivity index (χ1n) is 4.29. The molecule has 0 N–H and O–H groups in total. The monoisotopic (exact) mass is 257 g/mol. The van der Waals surface area contributed by atoms with E-state index < -0.39 is 0 Å². The fourth-order valence-electron chi connectivity index (χ4n) is 1.36. The van der Waals surface area contributed by atoms with Gasteiger partial charge in [0.05, 0.1) is 0 Å². The molecule has 1 aromatic carbocycles. The van der Waals surface area contributed by atoms with E-state index in [1.54, 1.807) is 4.68 Å². The van der Waals surface area contributed by atoms with Crippen molar-refractivity contribution in [1.82, 2.24) is 15.0 Å². The van der Waals surface area contributed by atoms with Gasteiger partial charge < -0.3 is 0 Å². The van der Waals surface area contributed by atoms with Crippen LogP contribution in [0.5, 0.6) is 0 Å². The summed E-state index contributed by atoms with van der Waals surface area (Å²) in [6, 6.07) is 3.01. The SMILES string of the molecule is CC(C)n1nnc2cc(F)cc(Br)c21. The average molecular weight is 258 g/mol. The molecule has 0 radical (unpaired) electrons.